The van der Waals surface area contributed by atoms with Gasteiger partial charge in [0, 0.05) is 30.6 Å². The van der Waals surface area contributed by atoms with Crippen LogP contribution in [0, 0.1) is 5.92 Å². The maximum Gasteiger partial charge on any atom is 0.228 e. The Morgan fingerprint density at radius 3 is 2.67 bits per heavy atom. The molecule has 33 heavy (non-hydrogen) atoms. The Bertz CT molecular complexity index is 1060. The molecule has 1 amide bonds. The first kappa shape index (κ1) is 25.7. The van der Waals surface area contributed by atoms with Crippen LogP contribution in [0.1, 0.15) is 64.3 Å². The van der Waals surface area contributed by atoms with Gasteiger partial charge in [0.1, 0.15) is 0 Å². The van der Waals surface area contributed by atoms with Gasteiger partial charge >= 0.3 is 0 Å². The summed E-state index contributed by atoms with van der Waals surface area (Å²) in [7, 11) is -3.72. The van der Waals surface area contributed by atoms with Gasteiger partial charge in [-0.05, 0) is 50.3 Å². The summed E-state index contributed by atoms with van der Waals surface area (Å²) in [5.41, 5.74) is 1.30. The van der Waals surface area contributed by atoms with Crippen molar-refractivity contribution in [3.8, 4) is 0 Å². The van der Waals surface area contributed by atoms with Crippen LogP contribution in [0.15, 0.2) is 35.6 Å². The van der Waals surface area contributed by atoms with E-state index in [1.807, 2.05) is 27.7 Å². The Balaban J connectivity index is 1.89. The van der Waals surface area contributed by atoms with E-state index >= 15 is 0 Å². The fraction of sp³-hybridized carbons (Fsp3) is 0.583. The molecule has 1 atom stereocenters. The normalized spacial score (nSPS) is 16.6. The van der Waals surface area contributed by atoms with E-state index in [0.717, 1.165) is 12.8 Å². The first-order valence-corrected chi connectivity index (χ1v) is 13.5. The summed E-state index contributed by atoms with van der Waals surface area (Å²) in [5, 5.41) is 0.505. The van der Waals surface area contributed by atoms with E-state index < -0.39 is 9.84 Å². The minimum Gasteiger partial charge on any atom is -0.376 e. The predicted molar refractivity (Wildman–Crippen MR) is 129 cm³/mol. The van der Waals surface area contributed by atoms with Crippen molar-refractivity contribution in [1.82, 2.24) is 14.5 Å². The monoisotopic (exact) mass is 495 g/mol. The number of imidazole rings is 1. The van der Waals surface area contributed by atoms with Gasteiger partial charge in [-0.2, -0.15) is 0 Å². The van der Waals surface area contributed by atoms with Gasteiger partial charge in [-0.15, -0.1) is 0 Å². The Morgan fingerprint density at radius 1 is 1.30 bits per heavy atom. The van der Waals surface area contributed by atoms with Crippen LogP contribution in [0.25, 0.3) is 0 Å². The van der Waals surface area contributed by atoms with Gasteiger partial charge in [0.25, 0.3) is 0 Å². The summed E-state index contributed by atoms with van der Waals surface area (Å²) in [6.45, 7) is 9.38. The lowest BCUT2D eigenvalue weighted by molar-refractivity contribution is -0.134. The Labute approximate surface area is 202 Å². The molecule has 1 saturated heterocycles. The molecule has 9 heteroatoms. The van der Waals surface area contributed by atoms with Crippen LogP contribution in [0.2, 0.25) is 5.02 Å². The van der Waals surface area contributed by atoms with Gasteiger partial charge in [0.2, 0.25) is 20.9 Å². The maximum atomic E-state index is 13.3. The number of nitrogens with zero attached hydrogens (tertiary/aromatic N) is 3. The molecule has 2 aromatic rings. The molecule has 0 bridgehead atoms. The van der Waals surface area contributed by atoms with Gasteiger partial charge in [0.05, 0.1) is 30.3 Å². The quantitative estimate of drug-likeness (QED) is 0.479. The zero-order valence-corrected chi connectivity index (χ0v) is 21.4. The van der Waals surface area contributed by atoms with E-state index in [9.17, 15) is 13.2 Å². The highest BCUT2D eigenvalue weighted by atomic mass is 35.5. The number of sulfone groups is 1. The molecule has 1 aliphatic rings. The van der Waals surface area contributed by atoms with Crippen LogP contribution in [0.3, 0.4) is 0 Å². The van der Waals surface area contributed by atoms with Crippen molar-refractivity contribution in [2.45, 2.75) is 76.6 Å². The van der Waals surface area contributed by atoms with Gasteiger partial charge in [-0.25, -0.2) is 13.4 Å². The van der Waals surface area contributed by atoms with Crippen molar-refractivity contribution in [2.24, 2.45) is 5.92 Å². The molecule has 0 spiro atoms. The number of carbonyl (C=O) groups excluding carboxylic acids is 1. The zero-order valence-electron chi connectivity index (χ0n) is 19.8. The number of rotatable bonds is 10. The summed E-state index contributed by atoms with van der Waals surface area (Å²) in [6.07, 6.45) is 3.95. The summed E-state index contributed by atoms with van der Waals surface area (Å²) >= 11 is 6.03. The molecule has 182 valence electrons. The summed E-state index contributed by atoms with van der Waals surface area (Å²) in [5.74, 6) is 0.0799. The Kier molecular flexibility index (Phi) is 8.59. The van der Waals surface area contributed by atoms with Crippen molar-refractivity contribution < 1.29 is 17.9 Å². The second kappa shape index (κ2) is 11.0. The number of halogens is 1. The molecule has 1 aliphatic heterocycles. The lowest BCUT2D eigenvalue weighted by atomic mass is 10.1. The van der Waals surface area contributed by atoms with Crippen LogP contribution in [-0.4, -0.2) is 48.0 Å². The SMILES string of the molecule is CC(C)CC(=O)N(Cc1cnc(S(=O)(=O)Cc2cccc(Cl)c2)n1C(C)C)C[C@@H]1CCCO1. The van der Waals surface area contributed by atoms with E-state index in [0.29, 0.717) is 42.4 Å². The van der Waals surface area contributed by atoms with Crippen LogP contribution in [0.5, 0.6) is 0 Å². The number of carbonyl (C=O) groups is 1. The van der Waals surface area contributed by atoms with Gasteiger partial charge in [0.15, 0.2) is 0 Å². The second-order valence-electron chi connectivity index (χ2n) is 9.39. The highest BCUT2D eigenvalue weighted by Gasteiger charge is 2.28. The minimum absolute atomic E-state index is 0.0147. The van der Waals surface area contributed by atoms with Crippen molar-refractivity contribution in [2.75, 3.05) is 13.2 Å². The molecule has 2 heterocycles. The molecule has 0 unspecified atom stereocenters. The number of aromatic nitrogens is 2. The number of hydrogen-bond donors (Lipinski definition) is 0. The highest BCUT2D eigenvalue weighted by Crippen LogP contribution is 2.25. The van der Waals surface area contributed by atoms with Crippen molar-refractivity contribution >= 4 is 27.3 Å². The van der Waals surface area contributed by atoms with E-state index in [1.54, 1.807) is 39.9 Å². The molecule has 0 radical (unpaired) electrons. The lowest BCUT2D eigenvalue weighted by Crippen LogP contribution is -2.38. The van der Waals surface area contributed by atoms with E-state index in [4.69, 9.17) is 16.3 Å². The van der Waals surface area contributed by atoms with Crippen LogP contribution in [-0.2, 0) is 31.7 Å². The summed E-state index contributed by atoms with van der Waals surface area (Å²) in [4.78, 5) is 19.1. The smallest absolute Gasteiger partial charge is 0.228 e. The summed E-state index contributed by atoms with van der Waals surface area (Å²) in [6, 6.07) is 6.69. The fourth-order valence-corrected chi connectivity index (χ4v) is 5.95. The molecule has 0 saturated carbocycles. The average molecular weight is 496 g/mol. The highest BCUT2D eigenvalue weighted by molar-refractivity contribution is 7.90. The van der Waals surface area contributed by atoms with Gasteiger partial charge < -0.3 is 14.2 Å². The molecule has 0 aliphatic carbocycles. The van der Waals surface area contributed by atoms with Crippen molar-refractivity contribution in [3.05, 3.63) is 46.7 Å². The molecular weight excluding hydrogens is 462 g/mol. The zero-order chi connectivity index (χ0) is 24.2. The number of benzene rings is 1. The standard InChI is InChI=1S/C24H34ClN3O4S/c1-17(2)11-23(29)27(15-22-9-6-10-32-22)14-21-13-26-24(28(21)18(3)4)33(30,31)16-19-7-5-8-20(25)12-19/h5,7-8,12-13,17-18,22H,6,9-11,14-16H2,1-4H3/t22-/m0/s1. The van der Waals surface area contributed by atoms with E-state index in [-0.39, 0.29) is 34.9 Å². The van der Waals surface area contributed by atoms with Crippen molar-refractivity contribution in [3.63, 3.8) is 0 Å². The minimum atomic E-state index is -3.72. The number of amides is 1. The first-order valence-electron chi connectivity index (χ1n) is 11.5. The Morgan fingerprint density at radius 2 is 2.06 bits per heavy atom. The topological polar surface area (TPSA) is 81.5 Å². The largest absolute Gasteiger partial charge is 0.376 e. The molecule has 1 aromatic heterocycles. The van der Waals surface area contributed by atoms with Gasteiger partial charge in [-0.1, -0.05) is 37.6 Å². The predicted octanol–water partition coefficient (Wildman–Crippen LogP) is 4.65. The number of hydrogen-bond acceptors (Lipinski definition) is 5. The summed E-state index contributed by atoms with van der Waals surface area (Å²) < 4.78 is 34.0. The fourth-order valence-electron chi connectivity index (χ4n) is 4.15. The lowest BCUT2D eigenvalue weighted by Gasteiger charge is -2.27. The third-order valence-electron chi connectivity index (χ3n) is 5.62. The molecule has 3 rings (SSSR count). The van der Waals surface area contributed by atoms with E-state index in [2.05, 4.69) is 4.98 Å². The molecule has 7 nitrogen and oxygen atoms in total. The van der Waals surface area contributed by atoms with E-state index in [1.165, 1.54) is 0 Å². The Hall–Kier alpha value is -1.90. The molecule has 0 N–H and O–H groups in total. The third kappa shape index (κ3) is 6.80. The van der Waals surface area contributed by atoms with Crippen molar-refractivity contribution in [1.29, 1.82) is 0 Å². The third-order valence-corrected chi connectivity index (χ3v) is 7.42. The molecule has 1 fully saturated rings. The van der Waals surface area contributed by atoms with Crippen LogP contribution < -0.4 is 0 Å². The molecule has 1 aromatic carbocycles. The molecular formula is C24H34ClN3O4S. The number of ether oxygens (including phenoxy) is 1. The average Bonchev–Trinajstić information content (AvgIpc) is 3.36. The van der Waals surface area contributed by atoms with Crippen LogP contribution >= 0.6 is 11.6 Å². The first-order chi connectivity index (χ1) is 15.6. The second-order valence-corrected chi connectivity index (χ2v) is 11.7. The van der Waals surface area contributed by atoms with Gasteiger partial charge in [-0.3, -0.25) is 4.79 Å². The van der Waals surface area contributed by atoms with Crippen LogP contribution in [0.4, 0.5) is 0 Å². The maximum absolute atomic E-state index is 13.3.